The molecule has 4 rings (SSSR count). The average Bonchev–Trinajstić information content (AvgIpc) is 3.26. The number of rotatable bonds is 8. The van der Waals surface area contributed by atoms with E-state index < -0.39 is 10.0 Å². The van der Waals surface area contributed by atoms with Gasteiger partial charge in [-0.2, -0.15) is 0 Å². The maximum Gasteiger partial charge on any atom is 0.240 e. The molecule has 0 unspecified atom stereocenters. The largest absolute Gasteiger partial charge is 0.370 e. The number of sulfonamides is 1. The Morgan fingerprint density at radius 2 is 1.62 bits per heavy atom. The van der Waals surface area contributed by atoms with Gasteiger partial charge >= 0.3 is 0 Å². The third-order valence-electron chi connectivity index (χ3n) is 5.82. The smallest absolute Gasteiger partial charge is 0.240 e. The molecule has 0 radical (unpaired) electrons. The number of aromatic nitrogens is 2. The highest BCUT2D eigenvalue weighted by molar-refractivity contribution is 7.89. The zero-order valence-corrected chi connectivity index (χ0v) is 19.5. The third-order valence-corrected chi connectivity index (χ3v) is 7.35. The molecule has 2 N–H and O–H groups in total. The minimum atomic E-state index is -3.45. The number of aryl methyl sites for hydroxylation is 2. The Balaban J connectivity index is 1.36. The summed E-state index contributed by atoms with van der Waals surface area (Å²) >= 11 is 0. The van der Waals surface area contributed by atoms with E-state index in [1.807, 2.05) is 25.1 Å². The number of hydrogen-bond donors (Lipinski definition) is 2. The minimum absolute atomic E-state index is 0.0741. The summed E-state index contributed by atoms with van der Waals surface area (Å²) in [4.78, 5) is 9.38. The normalized spacial score (nSPS) is 14.6. The molecule has 0 saturated heterocycles. The first kappa shape index (κ1) is 22.4. The topological polar surface area (TPSA) is 84.0 Å². The fraction of sp³-hybridized carbons (Fsp3) is 0.360. The lowest BCUT2D eigenvalue weighted by molar-refractivity contribution is 0.552. The van der Waals surface area contributed by atoms with Crippen LogP contribution in [0.3, 0.4) is 0 Å². The van der Waals surface area contributed by atoms with Gasteiger partial charge in [-0.15, -0.1) is 0 Å². The first-order valence-electron chi connectivity index (χ1n) is 11.2. The first-order chi connectivity index (χ1) is 15.4. The molecule has 7 heteroatoms. The molecule has 32 heavy (non-hydrogen) atoms. The molecule has 0 aliphatic heterocycles. The molecule has 168 valence electrons. The zero-order valence-electron chi connectivity index (χ0n) is 18.6. The van der Waals surface area contributed by atoms with Crippen LogP contribution in [-0.4, -0.2) is 31.0 Å². The zero-order chi connectivity index (χ0) is 22.6. The molecular formula is C25H30N4O2S. The molecular weight excluding hydrogens is 420 g/mol. The quantitative estimate of drug-likeness (QED) is 0.522. The van der Waals surface area contributed by atoms with Crippen molar-refractivity contribution in [1.29, 1.82) is 0 Å². The lowest BCUT2D eigenvalue weighted by Crippen LogP contribution is -2.32. The van der Waals surface area contributed by atoms with Gasteiger partial charge in [0.25, 0.3) is 0 Å². The Labute approximate surface area is 190 Å². The SMILES string of the molecule is Cc1ccc(-c2cc(NCCc3ccc(S(=O)(=O)NC4CCCC4)cc3)nc(C)n2)cc1. The van der Waals surface area contributed by atoms with Crippen LogP contribution in [0.25, 0.3) is 11.3 Å². The van der Waals surface area contributed by atoms with Crippen molar-refractivity contribution >= 4 is 15.8 Å². The molecule has 0 bridgehead atoms. The van der Waals surface area contributed by atoms with Crippen molar-refractivity contribution < 1.29 is 8.42 Å². The molecule has 0 amide bonds. The van der Waals surface area contributed by atoms with Gasteiger partial charge in [-0.3, -0.25) is 0 Å². The Kier molecular flexibility index (Phi) is 6.86. The summed E-state index contributed by atoms with van der Waals surface area (Å²) in [5.41, 5.74) is 4.24. The van der Waals surface area contributed by atoms with Crippen LogP contribution < -0.4 is 10.0 Å². The number of nitrogens with one attached hydrogen (secondary N) is 2. The van der Waals surface area contributed by atoms with E-state index in [1.165, 1.54) is 5.56 Å². The maximum absolute atomic E-state index is 12.6. The highest BCUT2D eigenvalue weighted by Gasteiger charge is 2.22. The summed E-state index contributed by atoms with van der Waals surface area (Å²) in [5, 5.41) is 3.37. The van der Waals surface area contributed by atoms with Crippen molar-refractivity contribution in [3.63, 3.8) is 0 Å². The summed E-state index contributed by atoms with van der Waals surface area (Å²) in [7, 11) is -3.45. The van der Waals surface area contributed by atoms with Crippen LogP contribution >= 0.6 is 0 Å². The average molecular weight is 451 g/mol. The predicted octanol–water partition coefficient (Wildman–Crippen LogP) is 4.64. The highest BCUT2D eigenvalue weighted by atomic mass is 32.2. The number of nitrogens with zero attached hydrogens (tertiary/aromatic N) is 2. The molecule has 1 heterocycles. The van der Waals surface area contributed by atoms with Gasteiger partial charge in [0.2, 0.25) is 10.0 Å². The van der Waals surface area contributed by atoms with Crippen LogP contribution in [0, 0.1) is 13.8 Å². The van der Waals surface area contributed by atoms with Gasteiger partial charge in [-0.1, -0.05) is 54.8 Å². The summed E-state index contributed by atoms with van der Waals surface area (Å²) in [6.07, 6.45) is 4.81. The second kappa shape index (κ2) is 9.79. The molecule has 0 atom stereocenters. The lowest BCUT2D eigenvalue weighted by Gasteiger charge is -2.13. The highest BCUT2D eigenvalue weighted by Crippen LogP contribution is 2.22. The fourth-order valence-corrected chi connectivity index (χ4v) is 5.34. The van der Waals surface area contributed by atoms with Gasteiger partial charge in [0.05, 0.1) is 10.6 Å². The van der Waals surface area contributed by atoms with E-state index in [2.05, 4.69) is 51.2 Å². The van der Waals surface area contributed by atoms with E-state index in [0.717, 1.165) is 60.6 Å². The van der Waals surface area contributed by atoms with E-state index in [9.17, 15) is 8.42 Å². The van der Waals surface area contributed by atoms with Crippen molar-refractivity contribution in [3.05, 3.63) is 71.5 Å². The van der Waals surface area contributed by atoms with Crippen LogP contribution in [0.2, 0.25) is 0 Å². The molecule has 1 fully saturated rings. The molecule has 1 aliphatic carbocycles. The van der Waals surface area contributed by atoms with E-state index in [-0.39, 0.29) is 6.04 Å². The van der Waals surface area contributed by atoms with E-state index in [0.29, 0.717) is 11.4 Å². The van der Waals surface area contributed by atoms with Gasteiger partial charge in [0.15, 0.2) is 0 Å². The van der Waals surface area contributed by atoms with Crippen LogP contribution in [0.1, 0.15) is 42.6 Å². The van der Waals surface area contributed by atoms with Gasteiger partial charge in [0.1, 0.15) is 11.6 Å². The standard InChI is InChI=1S/C25H30N4O2S/c1-18-7-11-21(12-8-18)24-17-25(28-19(2)27-24)26-16-15-20-9-13-23(14-10-20)32(30,31)29-22-5-3-4-6-22/h7-14,17,22,29H,3-6,15-16H2,1-2H3,(H,26,27,28). The van der Waals surface area contributed by atoms with Gasteiger partial charge in [-0.05, 0) is 50.8 Å². The van der Waals surface area contributed by atoms with Crippen LogP contribution in [0.4, 0.5) is 5.82 Å². The van der Waals surface area contributed by atoms with Gasteiger partial charge < -0.3 is 5.32 Å². The first-order valence-corrected chi connectivity index (χ1v) is 12.7. The molecule has 1 aliphatic rings. The Morgan fingerprint density at radius 3 is 2.31 bits per heavy atom. The molecule has 3 aromatic rings. The van der Waals surface area contributed by atoms with E-state index in [4.69, 9.17) is 0 Å². The Morgan fingerprint density at radius 1 is 0.938 bits per heavy atom. The van der Waals surface area contributed by atoms with Gasteiger partial charge in [-0.25, -0.2) is 23.1 Å². The van der Waals surface area contributed by atoms with Crippen LogP contribution in [-0.2, 0) is 16.4 Å². The summed E-state index contributed by atoms with van der Waals surface area (Å²) in [6.45, 7) is 4.65. The van der Waals surface area contributed by atoms with E-state index >= 15 is 0 Å². The van der Waals surface area contributed by atoms with Crippen molar-refractivity contribution in [3.8, 4) is 11.3 Å². The molecule has 0 spiro atoms. The van der Waals surface area contributed by atoms with Crippen LogP contribution in [0.5, 0.6) is 0 Å². The monoisotopic (exact) mass is 450 g/mol. The molecule has 1 aromatic heterocycles. The van der Waals surface area contributed by atoms with Crippen molar-refractivity contribution in [2.75, 3.05) is 11.9 Å². The van der Waals surface area contributed by atoms with Gasteiger partial charge in [0, 0.05) is 24.2 Å². The predicted molar refractivity (Wildman–Crippen MR) is 128 cm³/mol. The molecule has 2 aromatic carbocycles. The van der Waals surface area contributed by atoms with Crippen molar-refractivity contribution in [2.24, 2.45) is 0 Å². The third kappa shape index (κ3) is 5.72. The number of benzene rings is 2. The van der Waals surface area contributed by atoms with Crippen molar-refractivity contribution in [2.45, 2.75) is 56.9 Å². The second-order valence-electron chi connectivity index (χ2n) is 8.48. The van der Waals surface area contributed by atoms with Crippen molar-refractivity contribution in [1.82, 2.24) is 14.7 Å². The molecule has 1 saturated carbocycles. The number of anilines is 1. The number of hydrogen-bond acceptors (Lipinski definition) is 5. The minimum Gasteiger partial charge on any atom is -0.370 e. The Hall–Kier alpha value is -2.77. The summed E-state index contributed by atoms with van der Waals surface area (Å²) in [5.74, 6) is 1.50. The molecule has 6 nitrogen and oxygen atoms in total. The maximum atomic E-state index is 12.6. The lowest BCUT2D eigenvalue weighted by atomic mass is 10.1. The fourth-order valence-electron chi connectivity index (χ4n) is 4.03. The summed E-state index contributed by atoms with van der Waals surface area (Å²) in [6, 6.07) is 17.5. The second-order valence-corrected chi connectivity index (χ2v) is 10.2. The summed E-state index contributed by atoms with van der Waals surface area (Å²) < 4.78 is 27.9. The Bertz CT molecular complexity index is 1150. The van der Waals surface area contributed by atoms with Crippen LogP contribution in [0.15, 0.2) is 59.5 Å². The van der Waals surface area contributed by atoms with E-state index in [1.54, 1.807) is 12.1 Å².